The monoisotopic (exact) mass is 888 g/mol. The SMILES string of the molecule is Cc1cc(-c2ccc(NC(=O)C3CCOCC3)c(NCCOC(F)(F)F)c2)cn(C)c1=O.Cc1cc(-c2ccc3nc(C4CCOCC4)n(CCOC(F)(F)F)c3c2)cn(C)c1=O. The molecule has 0 saturated carbocycles. The van der Waals surface area contributed by atoms with Gasteiger partial charge in [-0.3, -0.25) is 23.9 Å². The summed E-state index contributed by atoms with van der Waals surface area (Å²) in [6, 6.07) is 14.5. The van der Waals surface area contributed by atoms with Crippen molar-refractivity contribution in [2.24, 2.45) is 20.0 Å². The highest BCUT2D eigenvalue weighted by Gasteiger charge is 2.30. The van der Waals surface area contributed by atoms with Crippen LogP contribution in [0.4, 0.5) is 37.7 Å². The molecule has 0 spiro atoms. The third-order valence-corrected chi connectivity index (χ3v) is 10.9. The average Bonchev–Trinajstić information content (AvgIpc) is 3.61. The second-order valence-electron chi connectivity index (χ2n) is 15.5. The number of nitrogens with zero attached hydrogens (tertiary/aromatic N) is 4. The Hall–Kier alpha value is -5.50. The van der Waals surface area contributed by atoms with E-state index in [1.54, 1.807) is 64.6 Å². The topological polar surface area (TPSA) is 140 Å². The number of pyridine rings is 2. The Balaban J connectivity index is 0.000000210. The van der Waals surface area contributed by atoms with Crippen molar-refractivity contribution in [3.8, 4) is 22.3 Å². The highest BCUT2D eigenvalue weighted by atomic mass is 19.4. The standard InChI is InChI=1S/C22H26F3N3O4.C22H24F3N3O3/c1-14-11-17(13-28(2)21(14)30)16-3-4-18(27-20(29)15-5-8-31-9-6-15)19(12-16)26-7-10-32-22(23,24)25;1-14-11-17(13-27(2)21(14)29)16-3-4-18-19(12-16)28(7-10-31-22(23,24)25)20(26-18)15-5-8-30-9-6-15/h3-4,11-13,15,26H,5-10H2,1-2H3,(H,27,29);3-4,11-13,15H,5-10H2,1-2H3. The molecule has 0 radical (unpaired) electrons. The number of imidazole rings is 1. The normalized spacial score (nSPS) is 15.3. The number of rotatable bonds is 12. The van der Waals surface area contributed by atoms with Crippen LogP contribution in [0.1, 0.15) is 48.6 Å². The molecular formula is C44H50F6N6O7. The van der Waals surface area contributed by atoms with Gasteiger partial charge < -0.3 is 33.8 Å². The van der Waals surface area contributed by atoms with Gasteiger partial charge in [-0.2, -0.15) is 0 Å². The number of benzene rings is 2. The first-order valence-electron chi connectivity index (χ1n) is 20.5. The summed E-state index contributed by atoms with van der Waals surface area (Å²) in [6.07, 6.45) is -3.17. The molecule has 5 heterocycles. The van der Waals surface area contributed by atoms with Crippen molar-refractivity contribution in [2.45, 2.75) is 64.7 Å². The zero-order valence-electron chi connectivity index (χ0n) is 35.3. The van der Waals surface area contributed by atoms with Crippen molar-refractivity contribution in [2.75, 3.05) is 56.8 Å². The molecule has 340 valence electrons. The Bertz CT molecular complexity index is 2450. The number of amides is 1. The lowest BCUT2D eigenvalue weighted by molar-refractivity contribution is -0.325. The number of hydrogen-bond acceptors (Lipinski definition) is 9. The van der Waals surface area contributed by atoms with Crippen LogP contribution in [0.15, 0.2) is 70.5 Å². The molecule has 0 unspecified atom stereocenters. The molecule has 2 aliphatic rings. The number of aromatic nitrogens is 4. The fraction of sp³-hybridized carbons (Fsp3) is 0.455. The van der Waals surface area contributed by atoms with E-state index < -0.39 is 25.9 Å². The van der Waals surface area contributed by atoms with E-state index in [0.29, 0.717) is 61.8 Å². The Morgan fingerprint density at radius 2 is 1.27 bits per heavy atom. The first-order valence-corrected chi connectivity index (χ1v) is 20.5. The minimum absolute atomic E-state index is 0.0401. The van der Waals surface area contributed by atoms with Gasteiger partial charge in [-0.05, 0) is 98.2 Å². The molecule has 5 aromatic rings. The maximum Gasteiger partial charge on any atom is 0.522 e. The second-order valence-corrected chi connectivity index (χ2v) is 15.5. The largest absolute Gasteiger partial charge is 0.522 e. The molecule has 13 nitrogen and oxygen atoms in total. The van der Waals surface area contributed by atoms with Crippen molar-refractivity contribution in [3.63, 3.8) is 0 Å². The van der Waals surface area contributed by atoms with E-state index in [9.17, 15) is 40.7 Å². The van der Waals surface area contributed by atoms with Crippen LogP contribution in [0.3, 0.4) is 0 Å². The number of carbonyl (C=O) groups excluding carboxylic acids is 1. The zero-order valence-corrected chi connectivity index (χ0v) is 35.3. The number of anilines is 2. The fourth-order valence-electron chi connectivity index (χ4n) is 7.67. The van der Waals surface area contributed by atoms with Gasteiger partial charge in [0.15, 0.2) is 0 Å². The Morgan fingerprint density at radius 1 is 0.730 bits per heavy atom. The van der Waals surface area contributed by atoms with Gasteiger partial charge in [0.2, 0.25) is 5.91 Å². The number of hydrogen-bond donors (Lipinski definition) is 2. The lowest BCUT2D eigenvalue weighted by atomic mass is 9.99. The van der Waals surface area contributed by atoms with Crippen molar-refractivity contribution in [3.05, 3.63) is 98.6 Å². The van der Waals surface area contributed by atoms with Crippen molar-refractivity contribution < 1.29 is 50.1 Å². The van der Waals surface area contributed by atoms with E-state index in [-0.39, 0.29) is 42.0 Å². The number of alkyl halides is 6. The Labute approximate surface area is 358 Å². The third-order valence-electron chi connectivity index (χ3n) is 10.9. The van der Waals surface area contributed by atoms with Crippen LogP contribution in [0.5, 0.6) is 0 Å². The molecule has 0 bridgehead atoms. The molecule has 0 atom stereocenters. The lowest BCUT2D eigenvalue weighted by Gasteiger charge is -2.23. The van der Waals surface area contributed by atoms with E-state index in [0.717, 1.165) is 52.0 Å². The number of ether oxygens (including phenoxy) is 4. The Morgan fingerprint density at radius 3 is 1.84 bits per heavy atom. The van der Waals surface area contributed by atoms with Gasteiger partial charge >= 0.3 is 12.7 Å². The highest BCUT2D eigenvalue weighted by Crippen LogP contribution is 2.33. The first-order chi connectivity index (χ1) is 29.9. The zero-order chi connectivity index (χ0) is 45.5. The van der Waals surface area contributed by atoms with E-state index in [2.05, 4.69) is 20.1 Å². The van der Waals surface area contributed by atoms with Crippen molar-refractivity contribution in [1.82, 2.24) is 18.7 Å². The molecule has 2 saturated heterocycles. The van der Waals surface area contributed by atoms with Gasteiger partial charge in [0.25, 0.3) is 11.1 Å². The number of carbonyl (C=O) groups is 1. The smallest absolute Gasteiger partial charge is 0.381 e. The van der Waals surface area contributed by atoms with Gasteiger partial charge in [0, 0.05) is 89.0 Å². The van der Waals surface area contributed by atoms with Crippen LogP contribution in [-0.2, 0) is 44.4 Å². The molecule has 1 amide bonds. The third kappa shape index (κ3) is 12.6. The van der Waals surface area contributed by atoms with Gasteiger partial charge in [-0.1, -0.05) is 12.1 Å². The summed E-state index contributed by atoms with van der Waals surface area (Å²) < 4.78 is 97.9. The summed E-state index contributed by atoms with van der Waals surface area (Å²) >= 11 is 0. The minimum Gasteiger partial charge on any atom is -0.381 e. The first kappa shape index (κ1) is 47.0. The summed E-state index contributed by atoms with van der Waals surface area (Å²) in [5.74, 6) is 0.540. The van der Waals surface area contributed by atoms with Crippen molar-refractivity contribution >= 4 is 28.3 Å². The van der Waals surface area contributed by atoms with Crippen LogP contribution < -0.4 is 21.8 Å². The van der Waals surface area contributed by atoms with E-state index in [1.807, 2.05) is 28.8 Å². The minimum atomic E-state index is -4.71. The van der Waals surface area contributed by atoms with Gasteiger partial charge in [-0.25, -0.2) is 4.98 Å². The lowest BCUT2D eigenvalue weighted by Crippen LogP contribution is -2.29. The van der Waals surface area contributed by atoms with Crippen molar-refractivity contribution in [1.29, 1.82) is 0 Å². The van der Waals surface area contributed by atoms with Gasteiger partial charge in [-0.15, -0.1) is 26.3 Å². The molecule has 63 heavy (non-hydrogen) atoms. The molecule has 2 aliphatic heterocycles. The molecule has 2 fully saturated rings. The fourth-order valence-corrected chi connectivity index (χ4v) is 7.67. The average molecular weight is 889 g/mol. The number of halogens is 6. The number of fused-ring (bicyclic) bond motifs is 1. The van der Waals surface area contributed by atoms with Crippen LogP contribution in [0.2, 0.25) is 0 Å². The molecule has 0 aliphatic carbocycles. The summed E-state index contributed by atoms with van der Waals surface area (Å²) in [5, 5.41) is 5.78. The molecule has 19 heteroatoms. The van der Waals surface area contributed by atoms with Crippen LogP contribution in [0, 0.1) is 19.8 Å². The molecule has 7 rings (SSSR count). The second kappa shape index (κ2) is 20.3. The van der Waals surface area contributed by atoms with E-state index >= 15 is 0 Å². The summed E-state index contributed by atoms with van der Waals surface area (Å²) in [5.41, 5.74) is 6.61. The molecule has 2 aromatic carbocycles. The van der Waals surface area contributed by atoms with Crippen LogP contribution in [-0.4, -0.2) is 83.5 Å². The molecule has 3 aromatic heterocycles. The predicted octanol–water partition coefficient (Wildman–Crippen LogP) is 7.81. The molecule has 2 N–H and O–H groups in total. The predicted molar refractivity (Wildman–Crippen MR) is 224 cm³/mol. The van der Waals surface area contributed by atoms with Crippen LogP contribution >= 0.6 is 0 Å². The highest BCUT2D eigenvalue weighted by molar-refractivity contribution is 5.96. The summed E-state index contributed by atoms with van der Waals surface area (Å²) in [7, 11) is 3.34. The number of nitrogens with one attached hydrogen (secondary N) is 2. The Kier molecular flexibility index (Phi) is 15.2. The van der Waals surface area contributed by atoms with E-state index in [4.69, 9.17) is 14.5 Å². The van der Waals surface area contributed by atoms with Gasteiger partial charge in [0.05, 0.1) is 35.6 Å². The maximum atomic E-state index is 12.7. The molecular weight excluding hydrogens is 839 g/mol. The quantitative estimate of drug-likeness (QED) is 0.0949. The van der Waals surface area contributed by atoms with Gasteiger partial charge in [0.1, 0.15) is 5.82 Å². The van der Waals surface area contributed by atoms with Crippen LogP contribution in [0.25, 0.3) is 33.3 Å². The number of aryl methyl sites for hydroxylation is 4. The van der Waals surface area contributed by atoms with E-state index in [1.165, 1.54) is 9.13 Å². The summed E-state index contributed by atoms with van der Waals surface area (Å²) in [6.45, 7) is 4.56. The maximum absolute atomic E-state index is 12.7. The summed E-state index contributed by atoms with van der Waals surface area (Å²) in [4.78, 5) is 41.4.